The van der Waals surface area contributed by atoms with E-state index in [0.717, 1.165) is 4.90 Å². The first-order valence-electron chi connectivity index (χ1n) is 8.93. The number of hydrogen-bond acceptors (Lipinski definition) is 8. The molecule has 148 valence electrons. The van der Waals surface area contributed by atoms with E-state index in [4.69, 9.17) is 18.9 Å². The Morgan fingerprint density at radius 2 is 1.89 bits per heavy atom. The standard InChI is InChI=1S/C19H24O7S/c1-10(2)23-18(22)14-9-13(24-11(3)20)16-17(25-14)15(21)19(26-16)27-12-7-5-4-6-8-12/h4-8,10,13-17,19,21H,9H2,1-3H3/t13-,14+,15-,16-,17+,19-/m1/s1. The van der Waals surface area contributed by atoms with Crippen molar-refractivity contribution in [3.63, 3.8) is 0 Å². The molecule has 2 aliphatic rings. The number of carbonyl (C=O) groups is 2. The second-order valence-electron chi connectivity index (χ2n) is 6.85. The highest BCUT2D eigenvalue weighted by atomic mass is 32.2. The molecule has 0 amide bonds. The minimum absolute atomic E-state index is 0.127. The van der Waals surface area contributed by atoms with E-state index in [-0.39, 0.29) is 12.5 Å². The summed E-state index contributed by atoms with van der Waals surface area (Å²) in [4.78, 5) is 24.7. The fourth-order valence-corrected chi connectivity index (χ4v) is 4.29. The number of ether oxygens (including phenoxy) is 4. The number of carbonyl (C=O) groups excluding carboxylic acids is 2. The van der Waals surface area contributed by atoms with Gasteiger partial charge in [0.1, 0.15) is 29.9 Å². The fourth-order valence-electron chi connectivity index (χ4n) is 3.23. The van der Waals surface area contributed by atoms with Gasteiger partial charge in [-0.05, 0) is 26.0 Å². The Balaban J connectivity index is 1.76. The first kappa shape index (κ1) is 20.1. The Labute approximate surface area is 162 Å². The van der Waals surface area contributed by atoms with Crippen LogP contribution >= 0.6 is 11.8 Å². The molecule has 2 fully saturated rings. The Bertz CT molecular complexity index is 665. The number of benzene rings is 1. The molecular formula is C19H24O7S. The Kier molecular flexibility index (Phi) is 6.41. The van der Waals surface area contributed by atoms with Gasteiger partial charge in [0.05, 0.1) is 6.10 Å². The van der Waals surface area contributed by atoms with Crippen LogP contribution in [0.2, 0.25) is 0 Å². The van der Waals surface area contributed by atoms with Gasteiger partial charge in [-0.2, -0.15) is 0 Å². The quantitative estimate of drug-likeness (QED) is 0.755. The molecule has 1 N–H and O–H groups in total. The summed E-state index contributed by atoms with van der Waals surface area (Å²) in [5.41, 5.74) is -0.597. The van der Waals surface area contributed by atoms with Crippen LogP contribution in [0.1, 0.15) is 27.2 Å². The van der Waals surface area contributed by atoms with E-state index >= 15 is 0 Å². The van der Waals surface area contributed by atoms with Crippen LogP contribution in [0, 0.1) is 0 Å². The molecule has 8 heteroatoms. The predicted molar refractivity (Wildman–Crippen MR) is 97.0 cm³/mol. The lowest BCUT2D eigenvalue weighted by molar-refractivity contribution is -0.202. The third-order valence-corrected chi connectivity index (χ3v) is 5.46. The highest BCUT2D eigenvalue weighted by molar-refractivity contribution is 7.99. The summed E-state index contributed by atoms with van der Waals surface area (Å²) in [5.74, 6) is -1.01. The van der Waals surface area contributed by atoms with Crippen LogP contribution in [0.5, 0.6) is 0 Å². The van der Waals surface area contributed by atoms with Crippen LogP contribution < -0.4 is 0 Å². The van der Waals surface area contributed by atoms with Gasteiger partial charge in [0.25, 0.3) is 0 Å². The molecule has 1 aromatic carbocycles. The maximum atomic E-state index is 12.3. The molecular weight excluding hydrogens is 372 g/mol. The van der Waals surface area contributed by atoms with E-state index in [2.05, 4.69) is 0 Å². The third-order valence-electron chi connectivity index (χ3n) is 4.29. The van der Waals surface area contributed by atoms with Gasteiger partial charge in [-0.25, -0.2) is 4.79 Å². The summed E-state index contributed by atoms with van der Waals surface area (Å²) >= 11 is 1.36. The van der Waals surface area contributed by atoms with Crippen molar-refractivity contribution in [2.45, 2.75) is 74.1 Å². The number of hydrogen-bond donors (Lipinski definition) is 1. The molecule has 0 bridgehead atoms. The lowest BCUT2D eigenvalue weighted by atomic mass is 9.96. The molecule has 27 heavy (non-hydrogen) atoms. The SMILES string of the molecule is CC(=O)O[C@@H]1C[C@@H](C(=O)OC(C)C)O[C@H]2[C@@H](O)[C@@H](Sc3ccccc3)O[C@@H]21. The average Bonchev–Trinajstić information content (AvgIpc) is 2.91. The average molecular weight is 396 g/mol. The number of fused-ring (bicyclic) bond motifs is 1. The van der Waals surface area contributed by atoms with Crippen LogP contribution in [0.25, 0.3) is 0 Å². The van der Waals surface area contributed by atoms with E-state index in [1.807, 2.05) is 30.3 Å². The van der Waals surface area contributed by atoms with Crippen molar-refractivity contribution >= 4 is 23.7 Å². The van der Waals surface area contributed by atoms with Crippen molar-refractivity contribution < 1.29 is 33.6 Å². The monoisotopic (exact) mass is 396 g/mol. The summed E-state index contributed by atoms with van der Waals surface area (Å²) in [6.45, 7) is 4.79. The van der Waals surface area contributed by atoms with Crippen molar-refractivity contribution in [3.8, 4) is 0 Å². The van der Waals surface area contributed by atoms with Gasteiger partial charge >= 0.3 is 11.9 Å². The van der Waals surface area contributed by atoms with E-state index in [9.17, 15) is 14.7 Å². The topological polar surface area (TPSA) is 91.3 Å². The zero-order valence-corrected chi connectivity index (χ0v) is 16.3. The van der Waals surface area contributed by atoms with Gasteiger partial charge in [-0.3, -0.25) is 4.79 Å². The minimum Gasteiger partial charge on any atom is -0.461 e. The van der Waals surface area contributed by atoms with Crippen LogP contribution in [0.3, 0.4) is 0 Å². The molecule has 0 saturated carbocycles. The van der Waals surface area contributed by atoms with Crippen LogP contribution in [-0.4, -0.2) is 59.1 Å². The highest BCUT2D eigenvalue weighted by Crippen LogP contribution is 2.41. The van der Waals surface area contributed by atoms with Crippen LogP contribution in [0.4, 0.5) is 0 Å². The maximum absolute atomic E-state index is 12.3. The van der Waals surface area contributed by atoms with Crippen molar-refractivity contribution in [2.24, 2.45) is 0 Å². The second kappa shape index (κ2) is 8.60. The number of aliphatic hydroxyl groups excluding tert-OH is 1. The third kappa shape index (κ3) is 4.82. The molecule has 1 aromatic rings. The molecule has 0 aliphatic carbocycles. The van der Waals surface area contributed by atoms with E-state index in [0.29, 0.717) is 0 Å². The van der Waals surface area contributed by atoms with Crippen LogP contribution in [-0.2, 0) is 28.5 Å². The molecule has 6 atom stereocenters. The summed E-state index contributed by atoms with van der Waals surface area (Å²) < 4.78 is 22.4. The van der Waals surface area contributed by atoms with Gasteiger partial charge in [0.2, 0.25) is 0 Å². The van der Waals surface area contributed by atoms with Gasteiger partial charge in [0.15, 0.2) is 6.10 Å². The summed E-state index contributed by atoms with van der Waals surface area (Å²) in [7, 11) is 0. The lowest BCUT2D eigenvalue weighted by Gasteiger charge is -2.36. The van der Waals surface area contributed by atoms with Gasteiger partial charge < -0.3 is 24.1 Å². The zero-order valence-electron chi connectivity index (χ0n) is 15.4. The number of esters is 2. The van der Waals surface area contributed by atoms with Gasteiger partial charge in [-0.15, -0.1) is 0 Å². The van der Waals surface area contributed by atoms with Crippen molar-refractivity contribution in [1.29, 1.82) is 0 Å². The Morgan fingerprint density at radius 3 is 2.52 bits per heavy atom. The second-order valence-corrected chi connectivity index (χ2v) is 8.02. The van der Waals surface area contributed by atoms with E-state index in [1.54, 1.807) is 13.8 Å². The first-order chi connectivity index (χ1) is 12.8. The molecule has 0 radical (unpaired) electrons. The molecule has 0 spiro atoms. The molecule has 2 heterocycles. The predicted octanol–water partition coefficient (Wildman–Crippen LogP) is 1.91. The summed E-state index contributed by atoms with van der Waals surface area (Å²) in [5, 5.41) is 10.7. The smallest absolute Gasteiger partial charge is 0.335 e. The van der Waals surface area contributed by atoms with Gasteiger partial charge in [0, 0.05) is 18.2 Å². The first-order valence-corrected chi connectivity index (χ1v) is 9.81. The number of rotatable bonds is 5. The van der Waals surface area contributed by atoms with E-state index in [1.165, 1.54) is 18.7 Å². The van der Waals surface area contributed by atoms with Crippen LogP contribution in [0.15, 0.2) is 35.2 Å². The molecule has 7 nitrogen and oxygen atoms in total. The fraction of sp³-hybridized carbons (Fsp3) is 0.579. The molecule has 0 unspecified atom stereocenters. The summed E-state index contributed by atoms with van der Waals surface area (Å²) in [6, 6.07) is 9.52. The minimum atomic E-state index is -0.979. The van der Waals surface area contributed by atoms with Crippen molar-refractivity contribution in [2.75, 3.05) is 0 Å². The summed E-state index contributed by atoms with van der Waals surface area (Å²) in [6.07, 6.45) is -4.19. The molecule has 3 rings (SSSR count). The Hall–Kier alpha value is -1.61. The van der Waals surface area contributed by atoms with Gasteiger partial charge in [-0.1, -0.05) is 30.0 Å². The zero-order chi connectivity index (χ0) is 19.6. The van der Waals surface area contributed by atoms with Crippen molar-refractivity contribution in [3.05, 3.63) is 30.3 Å². The van der Waals surface area contributed by atoms with E-state index < -0.39 is 47.9 Å². The normalized spacial score (nSPS) is 32.8. The molecule has 2 aliphatic heterocycles. The lowest BCUT2D eigenvalue weighted by Crippen LogP contribution is -2.53. The molecule has 2 saturated heterocycles. The highest BCUT2D eigenvalue weighted by Gasteiger charge is 2.55. The Morgan fingerprint density at radius 1 is 1.19 bits per heavy atom. The largest absolute Gasteiger partial charge is 0.461 e. The maximum Gasteiger partial charge on any atom is 0.335 e. The number of aliphatic hydroxyl groups is 1. The molecule has 0 aromatic heterocycles. The van der Waals surface area contributed by atoms with Crippen molar-refractivity contribution in [1.82, 2.24) is 0 Å². The number of thioether (sulfide) groups is 1.